The van der Waals surface area contributed by atoms with E-state index in [9.17, 15) is 8.78 Å². The Hall–Kier alpha value is -1.18. The lowest BCUT2D eigenvalue weighted by Crippen LogP contribution is -2.30. The minimum absolute atomic E-state index is 0.226. The van der Waals surface area contributed by atoms with Crippen LogP contribution in [-0.4, -0.2) is 0 Å². The predicted molar refractivity (Wildman–Crippen MR) is 86.8 cm³/mol. The first-order chi connectivity index (χ1) is 10.6. The molecule has 0 amide bonds. The highest BCUT2D eigenvalue weighted by Crippen LogP contribution is 2.47. The molecular formula is C20H26F2. The quantitative estimate of drug-likeness (QED) is 0.600. The van der Waals surface area contributed by atoms with Gasteiger partial charge in [-0.25, -0.2) is 8.78 Å². The van der Waals surface area contributed by atoms with Crippen LogP contribution in [0.15, 0.2) is 24.8 Å². The zero-order valence-corrected chi connectivity index (χ0v) is 13.5. The average Bonchev–Trinajstić information content (AvgIpc) is 2.53. The number of fused-ring (bicyclic) bond motifs is 1. The van der Waals surface area contributed by atoms with Crippen molar-refractivity contribution in [1.29, 1.82) is 0 Å². The summed E-state index contributed by atoms with van der Waals surface area (Å²) in [5.74, 6) is 1.79. The number of benzene rings is 1. The maximum atomic E-state index is 14.0. The molecule has 1 aromatic carbocycles. The van der Waals surface area contributed by atoms with Crippen molar-refractivity contribution in [2.45, 2.75) is 57.8 Å². The number of hydrogen-bond donors (Lipinski definition) is 0. The highest BCUT2D eigenvalue weighted by Gasteiger charge is 2.35. The summed E-state index contributed by atoms with van der Waals surface area (Å²) < 4.78 is 28.1. The van der Waals surface area contributed by atoms with Gasteiger partial charge in [-0.15, -0.1) is 6.58 Å². The predicted octanol–water partition coefficient (Wildman–Crippen LogP) is 6.01. The van der Waals surface area contributed by atoms with Gasteiger partial charge in [0, 0.05) is 5.56 Å². The highest BCUT2D eigenvalue weighted by molar-refractivity contribution is 5.29. The minimum atomic E-state index is -0.366. The van der Waals surface area contributed by atoms with Gasteiger partial charge in [0.2, 0.25) is 0 Å². The third-order valence-corrected chi connectivity index (χ3v) is 5.98. The van der Waals surface area contributed by atoms with Crippen molar-refractivity contribution >= 4 is 0 Å². The minimum Gasteiger partial charge on any atom is -0.207 e. The standard InChI is InChI=1S/C20H26F2/c1-3-13-5-6-15-10-16(8-7-14(15)9-13)17-11-19(21)18(4-2)20(22)12-17/h3,11-16H,1,4-10H2,2H3. The Labute approximate surface area is 132 Å². The van der Waals surface area contributed by atoms with E-state index in [2.05, 4.69) is 12.7 Å². The Balaban J connectivity index is 1.74. The molecule has 2 fully saturated rings. The van der Waals surface area contributed by atoms with Crippen LogP contribution in [0.3, 0.4) is 0 Å². The summed E-state index contributed by atoms with van der Waals surface area (Å²) in [4.78, 5) is 0. The van der Waals surface area contributed by atoms with Gasteiger partial charge >= 0.3 is 0 Å². The molecule has 0 bridgehead atoms. The molecule has 120 valence electrons. The summed E-state index contributed by atoms with van der Waals surface area (Å²) in [5.41, 5.74) is 1.10. The summed E-state index contributed by atoms with van der Waals surface area (Å²) >= 11 is 0. The van der Waals surface area contributed by atoms with Gasteiger partial charge in [0.25, 0.3) is 0 Å². The van der Waals surface area contributed by atoms with Crippen LogP contribution >= 0.6 is 0 Å². The van der Waals surface area contributed by atoms with Crippen molar-refractivity contribution < 1.29 is 8.78 Å². The molecule has 0 N–H and O–H groups in total. The molecule has 2 saturated carbocycles. The van der Waals surface area contributed by atoms with Gasteiger partial charge in [-0.2, -0.15) is 0 Å². The van der Waals surface area contributed by atoms with Crippen molar-refractivity contribution in [2.75, 3.05) is 0 Å². The number of halogens is 2. The number of rotatable bonds is 3. The number of hydrogen-bond acceptors (Lipinski definition) is 0. The maximum absolute atomic E-state index is 14.0. The number of allylic oxidation sites excluding steroid dienone is 1. The summed E-state index contributed by atoms with van der Waals surface area (Å²) in [7, 11) is 0. The fourth-order valence-electron chi connectivity index (χ4n) is 4.64. The third kappa shape index (κ3) is 2.98. The molecule has 2 aliphatic rings. The van der Waals surface area contributed by atoms with Crippen molar-refractivity contribution in [3.63, 3.8) is 0 Å². The molecule has 0 radical (unpaired) electrons. The lowest BCUT2D eigenvalue weighted by Gasteiger charge is -2.41. The van der Waals surface area contributed by atoms with E-state index >= 15 is 0 Å². The largest absolute Gasteiger partial charge is 0.207 e. The molecule has 4 atom stereocenters. The molecule has 0 aliphatic heterocycles. The van der Waals surface area contributed by atoms with Gasteiger partial charge in [0.1, 0.15) is 11.6 Å². The Morgan fingerprint density at radius 2 is 1.68 bits per heavy atom. The van der Waals surface area contributed by atoms with E-state index in [1.807, 2.05) is 0 Å². The first-order valence-electron chi connectivity index (χ1n) is 8.72. The van der Waals surface area contributed by atoms with Crippen LogP contribution < -0.4 is 0 Å². The van der Waals surface area contributed by atoms with Gasteiger partial charge in [-0.1, -0.05) is 13.0 Å². The van der Waals surface area contributed by atoms with Gasteiger partial charge in [-0.3, -0.25) is 0 Å². The van der Waals surface area contributed by atoms with E-state index in [-0.39, 0.29) is 17.2 Å². The van der Waals surface area contributed by atoms with Crippen molar-refractivity contribution in [2.24, 2.45) is 17.8 Å². The van der Waals surface area contributed by atoms with E-state index in [1.165, 1.54) is 25.7 Å². The normalized spacial score (nSPS) is 31.6. The maximum Gasteiger partial charge on any atom is 0.129 e. The second kappa shape index (κ2) is 6.52. The van der Waals surface area contributed by atoms with Crippen molar-refractivity contribution in [1.82, 2.24) is 0 Å². The van der Waals surface area contributed by atoms with E-state index < -0.39 is 0 Å². The van der Waals surface area contributed by atoms with Crippen molar-refractivity contribution in [3.05, 3.63) is 47.5 Å². The second-order valence-corrected chi connectivity index (χ2v) is 7.16. The lowest BCUT2D eigenvalue weighted by atomic mass is 9.64. The van der Waals surface area contributed by atoms with E-state index in [1.54, 1.807) is 19.1 Å². The zero-order valence-electron chi connectivity index (χ0n) is 13.5. The molecule has 4 unspecified atom stereocenters. The Bertz CT molecular complexity index is 526. The summed E-state index contributed by atoms with van der Waals surface area (Å²) in [6, 6.07) is 3.17. The van der Waals surface area contributed by atoms with Gasteiger partial charge in [-0.05, 0) is 86.3 Å². The molecule has 22 heavy (non-hydrogen) atoms. The van der Waals surface area contributed by atoms with Crippen LogP contribution in [-0.2, 0) is 6.42 Å². The van der Waals surface area contributed by atoms with E-state index in [0.717, 1.165) is 30.2 Å². The second-order valence-electron chi connectivity index (χ2n) is 7.16. The first-order valence-corrected chi connectivity index (χ1v) is 8.72. The Kier molecular flexibility index (Phi) is 4.65. The molecule has 0 nitrogen and oxygen atoms in total. The summed E-state index contributed by atoms with van der Waals surface area (Å²) in [6.45, 7) is 5.73. The fraction of sp³-hybridized carbons (Fsp3) is 0.600. The fourth-order valence-corrected chi connectivity index (χ4v) is 4.64. The molecule has 0 spiro atoms. The molecule has 0 heterocycles. The monoisotopic (exact) mass is 304 g/mol. The van der Waals surface area contributed by atoms with Gasteiger partial charge in [0.15, 0.2) is 0 Å². The molecule has 2 heteroatoms. The van der Waals surface area contributed by atoms with E-state index in [0.29, 0.717) is 18.3 Å². The Morgan fingerprint density at radius 1 is 1.05 bits per heavy atom. The molecule has 0 aromatic heterocycles. The topological polar surface area (TPSA) is 0 Å². The van der Waals surface area contributed by atoms with Crippen LogP contribution in [0.25, 0.3) is 0 Å². The molecular weight excluding hydrogens is 278 g/mol. The van der Waals surface area contributed by atoms with Crippen LogP contribution in [0.5, 0.6) is 0 Å². The summed E-state index contributed by atoms with van der Waals surface area (Å²) in [6.07, 6.45) is 9.61. The zero-order chi connectivity index (χ0) is 15.7. The third-order valence-electron chi connectivity index (χ3n) is 5.98. The average molecular weight is 304 g/mol. The van der Waals surface area contributed by atoms with Crippen LogP contribution in [0, 0.1) is 29.4 Å². The summed E-state index contributed by atoms with van der Waals surface area (Å²) in [5, 5.41) is 0. The van der Waals surface area contributed by atoms with Gasteiger partial charge < -0.3 is 0 Å². The molecule has 2 aliphatic carbocycles. The highest BCUT2D eigenvalue weighted by atomic mass is 19.1. The van der Waals surface area contributed by atoms with Crippen LogP contribution in [0.4, 0.5) is 8.78 Å². The molecule has 3 rings (SSSR count). The van der Waals surface area contributed by atoms with Gasteiger partial charge in [0.05, 0.1) is 0 Å². The molecule has 0 saturated heterocycles. The smallest absolute Gasteiger partial charge is 0.129 e. The Morgan fingerprint density at radius 3 is 2.32 bits per heavy atom. The van der Waals surface area contributed by atoms with Crippen LogP contribution in [0.2, 0.25) is 0 Å². The van der Waals surface area contributed by atoms with E-state index in [4.69, 9.17) is 0 Å². The SMILES string of the molecule is C=CC1CCC2CC(c3cc(F)c(CC)c(F)c3)CCC2C1. The van der Waals surface area contributed by atoms with Crippen LogP contribution in [0.1, 0.15) is 62.5 Å². The molecule has 1 aromatic rings. The van der Waals surface area contributed by atoms with Crippen molar-refractivity contribution in [3.8, 4) is 0 Å². The first kappa shape index (κ1) is 15.7. The lowest BCUT2D eigenvalue weighted by molar-refractivity contribution is 0.133.